The Morgan fingerprint density at radius 3 is 2.71 bits per heavy atom. The third-order valence-electron chi connectivity index (χ3n) is 3.10. The van der Waals surface area contributed by atoms with Crippen LogP contribution in [0.1, 0.15) is 24.6 Å². The van der Waals surface area contributed by atoms with Gasteiger partial charge in [0.1, 0.15) is 0 Å². The van der Waals surface area contributed by atoms with Crippen molar-refractivity contribution < 1.29 is 0 Å². The molecule has 0 aliphatic heterocycles. The van der Waals surface area contributed by atoms with E-state index in [0.29, 0.717) is 10.9 Å². The van der Waals surface area contributed by atoms with Crippen molar-refractivity contribution in [2.45, 2.75) is 28.8 Å². The SMILES string of the molecule is Nn1c(SCCSc2cc(Cl)ccc2Cl)nnc1C1CC1. The van der Waals surface area contributed by atoms with Crippen molar-refractivity contribution in [3.63, 3.8) is 0 Å². The number of benzene rings is 1. The zero-order chi connectivity index (χ0) is 14.8. The molecule has 1 aliphatic rings. The summed E-state index contributed by atoms with van der Waals surface area (Å²) in [6.07, 6.45) is 2.34. The van der Waals surface area contributed by atoms with Gasteiger partial charge in [0.2, 0.25) is 5.16 Å². The number of nitrogens with two attached hydrogens (primary N) is 1. The van der Waals surface area contributed by atoms with Crippen LogP contribution >= 0.6 is 46.7 Å². The maximum absolute atomic E-state index is 6.13. The van der Waals surface area contributed by atoms with Crippen molar-refractivity contribution in [1.29, 1.82) is 0 Å². The second-order valence-electron chi connectivity index (χ2n) is 4.76. The quantitative estimate of drug-likeness (QED) is 0.478. The highest BCUT2D eigenvalue weighted by atomic mass is 35.5. The van der Waals surface area contributed by atoms with Crippen molar-refractivity contribution in [3.8, 4) is 0 Å². The van der Waals surface area contributed by atoms with Gasteiger partial charge in [-0.2, -0.15) is 0 Å². The van der Waals surface area contributed by atoms with Gasteiger partial charge in [0.05, 0.1) is 5.02 Å². The van der Waals surface area contributed by atoms with Gasteiger partial charge in [-0.15, -0.1) is 22.0 Å². The number of hydrogen-bond acceptors (Lipinski definition) is 5. The molecule has 0 saturated heterocycles. The summed E-state index contributed by atoms with van der Waals surface area (Å²) < 4.78 is 1.62. The average molecular weight is 361 g/mol. The van der Waals surface area contributed by atoms with Crippen LogP contribution in [0.2, 0.25) is 10.0 Å². The lowest BCUT2D eigenvalue weighted by Crippen LogP contribution is -2.13. The van der Waals surface area contributed by atoms with E-state index in [1.807, 2.05) is 12.1 Å². The molecule has 0 spiro atoms. The van der Waals surface area contributed by atoms with Gasteiger partial charge in [0, 0.05) is 27.3 Å². The Labute approximate surface area is 141 Å². The lowest BCUT2D eigenvalue weighted by Gasteiger charge is -2.05. The summed E-state index contributed by atoms with van der Waals surface area (Å²) >= 11 is 15.4. The number of thioether (sulfide) groups is 2. The molecule has 3 rings (SSSR count). The average Bonchev–Trinajstić information content (AvgIpc) is 3.24. The highest BCUT2D eigenvalue weighted by molar-refractivity contribution is 8.02. The Morgan fingerprint density at radius 2 is 1.95 bits per heavy atom. The number of rotatable bonds is 6. The molecule has 1 aromatic heterocycles. The third kappa shape index (κ3) is 3.80. The van der Waals surface area contributed by atoms with Crippen LogP contribution in [-0.2, 0) is 0 Å². The highest BCUT2D eigenvalue weighted by Crippen LogP contribution is 2.39. The molecule has 0 amide bonds. The Kier molecular flexibility index (Phi) is 4.88. The van der Waals surface area contributed by atoms with E-state index in [4.69, 9.17) is 29.0 Å². The Morgan fingerprint density at radius 1 is 1.19 bits per heavy atom. The minimum absolute atomic E-state index is 0.511. The molecule has 1 aliphatic carbocycles. The molecule has 0 radical (unpaired) electrons. The fraction of sp³-hybridized carbons (Fsp3) is 0.385. The molecule has 0 bridgehead atoms. The Bertz CT molecular complexity index is 643. The first-order chi connectivity index (χ1) is 10.1. The van der Waals surface area contributed by atoms with Crippen LogP contribution in [-0.4, -0.2) is 26.4 Å². The summed E-state index contributed by atoms with van der Waals surface area (Å²) in [5, 5.41) is 10.5. The molecule has 0 unspecified atom stereocenters. The molecule has 1 saturated carbocycles. The molecule has 1 fully saturated rings. The number of nitrogen functional groups attached to an aromatic ring is 1. The third-order valence-corrected chi connectivity index (χ3v) is 6.04. The molecule has 4 nitrogen and oxygen atoms in total. The first kappa shape index (κ1) is 15.3. The van der Waals surface area contributed by atoms with Crippen molar-refractivity contribution >= 4 is 46.7 Å². The van der Waals surface area contributed by atoms with E-state index < -0.39 is 0 Å². The molecule has 2 aromatic rings. The zero-order valence-electron chi connectivity index (χ0n) is 11.1. The predicted molar refractivity (Wildman–Crippen MR) is 90.1 cm³/mol. The standard InChI is InChI=1S/C13H14Cl2N4S2/c14-9-3-4-10(15)11(7-9)20-5-6-21-13-18-17-12(19(13)16)8-1-2-8/h3-4,7-8H,1-2,5-6,16H2. The number of halogens is 2. The summed E-state index contributed by atoms with van der Waals surface area (Å²) in [4.78, 5) is 0.998. The molecular weight excluding hydrogens is 347 g/mol. The summed E-state index contributed by atoms with van der Waals surface area (Å²) in [5.41, 5.74) is 0. The molecule has 0 atom stereocenters. The largest absolute Gasteiger partial charge is 0.336 e. The van der Waals surface area contributed by atoms with E-state index in [9.17, 15) is 0 Å². The summed E-state index contributed by atoms with van der Waals surface area (Å²) in [6.45, 7) is 0. The lowest BCUT2D eigenvalue weighted by molar-refractivity contribution is 0.790. The van der Waals surface area contributed by atoms with E-state index >= 15 is 0 Å². The minimum Gasteiger partial charge on any atom is -0.336 e. The van der Waals surface area contributed by atoms with Gasteiger partial charge in [-0.25, -0.2) is 4.68 Å². The Hall–Kier alpha value is -0.560. The van der Waals surface area contributed by atoms with Crippen LogP contribution < -0.4 is 5.84 Å². The van der Waals surface area contributed by atoms with E-state index in [1.54, 1.807) is 34.3 Å². The van der Waals surface area contributed by atoms with Crippen molar-refractivity contribution in [1.82, 2.24) is 14.9 Å². The van der Waals surface area contributed by atoms with E-state index in [0.717, 1.165) is 32.4 Å². The lowest BCUT2D eigenvalue weighted by atomic mass is 10.4. The molecule has 112 valence electrons. The molecular formula is C13H14Cl2N4S2. The van der Waals surface area contributed by atoms with Crippen molar-refractivity contribution in [2.75, 3.05) is 17.3 Å². The van der Waals surface area contributed by atoms with Crippen molar-refractivity contribution in [3.05, 3.63) is 34.1 Å². The first-order valence-corrected chi connectivity index (χ1v) is 9.29. The van der Waals surface area contributed by atoms with Gasteiger partial charge in [-0.1, -0.05) is 35.0 Å². The number of aromatic nitrogens is 3. The molecule has 1 aromatic carbocycles. The first-order valence-electron chi connectivity index (χ1n) is 6.56. The maximum atomic E-state index is 6.13. The molecule has 2 N–H and O–H groups in total. The summed E-state index contributed by atoms with van der Waals surface area (Å²) in [7, 11) is 0. The van der Waals surface area contributed by atoms with E-state index in [-0.39, 0.29) is 0 Å². The topological polar surface area (TPSA) is 56.7 Å². The highest BCUT2D eigenvalue weighted by Gasteiger charge is 2.29. The Balaban J connectivity index is 1.51. The van der Waals surface area contributed by atoms with Crippen LogP contribution in [0.4, 0.5) is 0 Å². The van der Waals surface area contributed by atoms with Crippen LogP contribution in [0.3, 0.4) is 0 Å². The van der Waals surface area contributed by atoms with Crippen LogP contribution in [0.15, 0.2) is 28.3 Å². The maximum Gasteiger partial charge on any atom is 0.209 e. The molecule has 21 heavy (non-hydrogen) atoms. The van der Waals surface area contributed by atoms with Gasteiger partial charge in [-0.3, -0.25) is 0 Å². The van der Waals surface area contributed by atoms with Gasteiger partial charge in [0.15, 0.2) is 5.82 Å². The minimum atomic E-state index is 0.511. The summed E-state index contributed by atoms with van der Waals surface area (Å²) in [5.74, 6) is 9.20. The number of hydrogen-bond donors (Lipinski definition) is 1. The predicted octanol–water partition coefficient (Wildman–Crippen LogP) is 4.06. The number of nitrogens with zero attached hydrogens (tertiary/aromatic N) is 3. The van der Waals surface area contributed by atoms with Gasteiger partial charge in [-0.05, 0) is 31.0 Å². The van der Waals surface area contributed by atoms with Crippen LogP contribution in [0.5, 0.6) is 0 Å². The second kappa shape index (κ2) is 6.69. The smallest absolute Gasteiger partial charge is 0.209 e. The van der Waals surface area contributed by atoms with E-state index in [2.05, 4.69) is 10.2 Å². The van der Waals surface area contributed by atoms with Crippen LogP contribution in [0.25, 0.3) is 0 Å². The second-order valence-corrected chi connectivity index (χ2v) is 7.80. The normalized spacial score (nSPS) is 14.6. The zero-order valence-corrected chi connectivity index (χ0v) is 14.3. The van der Waals surface area contributed by atoms with Crippen LogP contribution in [0, 0.1) is 0 Å². The van der Waals surface area contributed by atoms with Crippen molar-refractivity contribution in [2.24, 2.45) is 0 Å². The molecule has 8 heteroatoms. The van der Waals surface area contributed by atoms with E-state index in [1.165, 1.54) is 12.8 Å². The monoisotopic (exact) mass is 360 g/mol. The molecule has 1 heterocycles. The van der Waals surface area contributed by atoms with Gasteiger partial charge in [0.25, 0.3) is 0 Å². The summed E-state index contributed by atoms with van der Waals surface area (Å²) in [6, 6.07) is 5.49. The van der Waals surface area contributed by atoms with Gasteiger partial charge < -0.3 is 5.84 Å². The fourth-order valence-electron chi connectivity index (χ4n) is 1.88. The fourth-order valence-corrected chi connectivity index (χ4v) is 4.21. The van der Waals surface area contributed by atoms with Gasteiger partial charge >= 0.3 is 0 Å².